The average molecular weight is 286 g/mol. The predicted molar refractivity (Wildman–Crippen MR) is 72.2 cm³/mol. The molecule has 2 heterocycles. The van der Waals surface area contributed by atoms with E-state index in [4.69, 9.17) is 27.6 Å². The lowest BCUT2D eigenvalue weighted by atomic mass is 10.0. The fourth-order valence-corrected chi connectivity index (χ4v) is 3.17. The van der Waals surface area contributed by atoms with E-state index in [9.17, 15) is 5.11 Å². The number of aliphatic hydroxyl groups excluding tert-OH is 1. The summed E-state index contributed by atoms with van der Waals surface area (Å²) in [6, 6.07) is 1.72. The van der Waals surface area contributed by atoms with Crippen molar-refractivity contribution in [1.82, 2.24) is 4.90 Å². The highest BCUT2D eigenvalue weighted by atomic mass is 35.5. The van der Waals surface area contributed by atoms with Crippen molar-refractivity contribution in [3.63, 3.8) is 0 Å². The van der Waals surface area contributed by atoms with Crippen molar-refractivity contribution in [3.8, 4) is 0 Å². The van der Waals surface area contributed by atoms with Gasteiger partial charge < -0.3 is 14.4 Å². The molecule has 1 aliphatic heterocycles. The molecule has 0 bridgehead atoms. The Morgan fingerprint density at radius 3 is 2.83 bits per heavy atom. The molecular formula is C13H13Cl2NO2. The van der Waals surface area contributed by atoms with E-state index >= 15 is 0 Å². The minimum absolute atomic E-state index is 0.120. The van der Waals surface area contributed by atoms with Gasteiger partial charge in [-0.15, -0.1) is 0 Å². The van der Waals surface area contributed by atoms with Crippen molar-refractivity contribution in [1.29, 1.82) is 0 Å². The zero-order chi connectivity index (χ0) is 12.9. The third-order valence-corrected chi connectivity index (χ3v) is 4.08. The van der Waals surface area contributed by atoms with E-state index in [1.807, 2.05) is 7.05 Å². The Morgan fingerprint density at radius 1 is 1.33 bits per heavy atom. The van der Waals surface area contributed by atoms with Crippen molar-refractivity contribution in [2.75, 3.05) is 13.6 Å². The molecule has 0 radical (unpaired) electrons. The fourth-order valence-electron chi connectivity index (χ4n) is 2.57. The molecule has 1 aromatic carbocycles. The number of nitrogens with zero attached hydrogens (tertiary/aromatic N) is 1. The van der Waals surface area contributed by atoms with Crippen molar-refractivity contribution in [2.45, 2.75) is 19.6 Å². The van der Waals surface area contributed by atoms with Crippen LogP contribution in [0.5, 0.6) is 0 Å². The Labute approximate surface area is 115 Å². The van der Waals surface area contributed by atoms with Crippen LogP contribution in [0.4, 0.5) is 0 Å². The normalized spacial score (nSPS) is 16.2. The smallest absolute Gasteiger partial charge is 0.153 e. The Bertz CT molecular complexity index is 621. The van der Waals surface area contributed by atoms with Crippen LogP contribution in [0.3, 0.4) is 0 Å². The Hall–Kier alpha value is -0.740. The second kappa shape index (κ2) is 4.42. The molecular weight excluding hydrogens is 273 g/mol. The van der Waals surface area contributed by atoms with Crippen molar-refractivity contribution >= 4 is 34.2 Å². The minimum atomic E-state index is -0.120. The minimum Gasteiger partial charge on any atom is -0.457 e. The number of hydrogen-bond donors (Lipinski definition) is 1. The maximum Gasteiger partial charge on any atom is 0.153 e. The summed E-state index contributed by atoms with van der Waals surface area (Å²) in [6.45, 7) is 1.55. The second-order valence-electron chi connectivity index (χ2n) is 4.67. The van der Waals surface area contributed by atoms with Crippen LogP contribution in [0.15, 0.2) is 10.5 Å². The van der Waals surface area contributed by atoms with Crippen LogP contribution in [-0.4, -0.2) is 23.6 Å². The maximum absolute atomic E-state index is 9.42. The van der Waals surface area contributed by atoms with Gasteiger partial charge in [0.1, 0.15) is 12.4 Å². The first-order valence-electron chi connectivity index (χ1n) is 5.82. The van der Waals surface area contributed by atoms with Gasteiger partial charge in [0.2, 0.25) is 0 Å². The molecule has 1 aliphatic rings. The lowest BCUT2D eigenvalue weighted by Gasteiger charge is -2.13. The highest BCUT2D eigenvalue weighted by Crippen LogP contribution is 2.40. The van der Waals surface area contributed by atoms with Crippen LogP contribution in [0.1, 0.15) is 16.9 Å². The predicted octanol–water partition coefficient (Wildman–Crippen LogP) is 3.22. The van der Waals surface area contributed by atoms with E-state index in [0.29, 0.717) is 21.4 Å². The molecule has 0 fully saturated rings. The summed E-state index contributed by atoms with van der Waals surface area (Å²) in [7, 11) is 2.04. The fraction of sp³-hybridized carbons (Fsp3) is 0.385. The van der Waals surface area contributed by atoms with Gasteiger partial charge in [-0.3, -0.25) is 0 Å². The molecule has 1 N–H and O–H groups in total. The molecule has 96 valence electrons. The highest BCUT2D eigenvalue weighted by Gasteiger charge is 2.24. The van der Waals surface area contributed by atoms with Gasteiger partial charge in [0.05, 0.1) is 5.02 Å². The van der Waals surface area contributed by atoms with Gasteiger partial charge in [-0.05, 0) is 25.1 Å². The zero-order valence-corrected chi connectivity index (χ0v) is 11.5. The third kappa shape index (κ3) is 1.74. The molecule has 0 atom stereocenters. The van der Waals surface area contributed by atoms with Gasteiger partial charge in [0.15, 0.2) is 5.58 Å². The molecule has 0 aliphatic carbocycles. The Kier molecular flexibility index (Phi) is 3.02. The van der Waals surface area contributed by atoms with Crippen LogP contribution < -0.4 is 0 Å². The average Bonchev–Trinajstić information content (AvgIpc) is 2.59. The lowest BCUT2D eigenvalue weighted by molar-refractivity contribution is 0.244. The van der Waals surface area contributed by atoms with Gasteiger partial charge >= 0.3 is 0 Å². The van der Waals surface area contributed by atoms with E-state index in [2.05, 4.69) is 4.90 Å². The van der Waals surface area contributed by atoms with Crippen LogP contribution >= 0.6 is 23.2 Å². The molecule has 1 aromatic heterocycles. The van der Waals surface area contributed by atoms with Gasteiger partial charge in [0.25, 0.3) is 0 Å². The zero-order valence-electron chi connectivity index (χ0n) is 9.96. The molecule has 18 heavy (non-hydrogen) atoms. The SMILES string of the molecule is CN1CCc2c(Cl)cc(Cl)c3oc(CO)c(c23)C1. The Morgan fingerprint density at radius 2 is 2.11 bits per heavy atom. The third-order valence-electron chi connectivity index (χ3n) is 3.47. The number of furan rings is 1. The molecule has 0 unspecified atom stereocenters. The monoisotopic (exact) mass is 285 g/mol. The molecule has 5 heteroatoms. The van der Waals surface area contributed by atoms with Crippen LogP contribution in [0.2, 0.25) is 10.0 Å². The van der Waals surface area contributed by atoms with Crippen LogP contribution in [0.25, 0.3) is 11.0 Å². The summed E-state index contributed by atoms with van der Waals surface area (Å²) in [5.74, 6) is 0.587. The van der Waals surface area contributed by atoms with E-state index < -0.39 is 0 Å². The van der Waals surface area contributed by atoms with Crippen molar-refractivity contribution in [2.24, 2.45) is 0 Å². The Balaban J connectivity index is 2.40. The van der Waals surface area contributed by atoms with Crippen LogP contribution in [-0.2, 0) is 19.6 Å². The summed E-state index contributed by atoms with van der Waals surface area (Å²) in [5.41, 5.74) is 2.72. The largest absolute Gasteiger partial charge is 0.457 e. The van der Waals surface area contributed by atoms with Gasteiger partial charge in [-0.2, -0.15) is 0 Å². The first kappa shape index (κ1) is 12.3. The summed E-state index contributed by atoms with van der Waals surface area (Å²) < 4.78 is 5.68. The standard InChI is InChI=1S/C13H13Cl2NO2/c1-16-3-2-7-9(14)4-10(15)13-12(7)8(5-16)11(6-17)18-13/h4,17H,2-3,5-6H2,1H3. The summed E-state index contributed by atoms with van der Waals surface area (Å²) in [4.78, 5) is 2.19. The summed E-state index contributed by atoms with van der Waals surface area (Å²) in [5, 5.41) is 11.6. The summed E-state index contributed by atoms with van der Waals surface area (Å²) >= 11 is 12.5. The van der Waals surface area contributed by atoms with Crippen molar-refractivity contribution in [3.05, 3.63) is 33.0 Å². The highest BCUT2D eigenvalue weighted by molar-refractivity contribution is 6.39. The first-order chi connectivity index (χ1) is 8.61. The topological polar surface area (TPSA) is 36.6 Å². The van der Waals surface area contributed by atoms with E-state index in [1.165, 1.54) is 0 Å². The van der Waals surface area contributed by atoms with Crippen molar-refractivity contribution < 1.29 is 9.52 Å². The molecule has 3 rings (SSSR count). The summed E-state index contributed by atoms with van der Waals surface area (Å²) in [6.07, 6.45) is 0.862. The molecule has 3 nitrogen and oxygen atoms in total. The first-order valence-corrected chi connectivity index (χ1v) is 6.58. The second-order valence-corrected chi connectivity index (χ2v) is 5.49. The van der Waals surface area contributed by atoms with Gasteiger partial charge in [0, 0.05) is 29.1 Å². The van der Waals surface area contributed by atoms with E-state index in [0.717, 1.165) is 36.0 Å². The van der Waals surface area contributed by atoms with Gasteiger partial charge in [-0.1, -0.05) is 23.2 Å². The molecule has 2 aromatic rings. The van der Waals surface area contributed by atoms with E-state index in [-0.39, 0.29) is 6.61 Å². The quantitative estimate of drug-likeness (QED) is 0.874. The number of rotatable bonds is 1. The molecule has 0 saturated carbocycles. The molecule has 0 saturated heterocycles. The maximum atomic E-state index is 9.42. The number of halogens is 2. The number of hydrogen-bond acceptors (Lipinski definition) is 3. The molecule has 0 amide bonds. The van der Waals surface area contributed by atoms with Crippen LogP contribution in [0, 0.1) is 0 Å². The molecule has 0 spiro atoms. The number of likely N-dealkylation sites (N-methyl/N-ethyl adjacent to an activating group) is 1. The number of aliphatic hydroxyl groups is 1. The van der Waals surface area contributed by atoms with E-state index in [1.54, 1.807) is 6.07 Å². The van der Waals surface area contributed by atoms with Gasteiger partial charge in [-0.25, -0.2) is 0 Å². The lowest BCUT2D eigenvalue weighted by Crippen LogP contribution is -2.19. The number of benzene rings is 1.